The second-order valence-corrected chi connectivity index (χ2v) is 14.8. The van der Waals surface area contributed by atoms with E-state index in [9.17, 15) is 16.8 Å². The van der Waals surface area contributed by atoms with Gasteiger partial charge in [-0.05, 0) is 104 Å². The summed E-state index contributed by atoms with van der Waals surface area (Å²) in [6.45, 7) is 23.8. The van der Waals surface area contributed by atoms with Crippen molar-refractivity contribution in [2.75, 3.05) is 52.4 Å². The molecule has 0 heterocycles. The van der Waals surface area contributed by atoms with Crippen molar-refractivity contribution in [2.24, 2.45) is 45.9 Å². The zero-order valence-corrected chi connectivity index (χ0v) is 41.7. The second-order valence-electron chi connectivity index (χ2n) is 11.0. The highest BCUT2D eigenvalue weighted by Gasteiger charge is 2.06. The lowest BCUT2D eigenvalue weighted by Gasteiger charge is -1.80. The Morgan fingerprint density at radius 1 is 0.267 bits per heavy atom. The van der Waals surface area contributed by atoms with E-state index in [1.807, 2.05) is 0 Å². The van der Waals surface area contributed by atoms with Crippen LogP contribution in [0.1, 0.15) is 158 Å². The maximum Gasteiger partial charge on any atom is 0.507 e. The van der Waals surface area contributed by atoms with Gasteiger partial charge in [-0.15, -0.1) is 16.8 Å². The van der Waals surface area contributed by atoms with Crippen molar-refractivity contribution in [3.63, 3.8) is 0 Å². The highest BCUT2D eigenvalue weighted by molar-refractivity contribution is 7.46. The zero-order chi connectivity index (χ0) is 51.0. The molecule has 0 aromatic heterocycles. The van der Waals surface area contributed by atoms with Crippen LogP contribution in [0.15, 0.2) is 0 Å². The van der Waals surface area contributed by atoms with Gasteiger partial charge in [0.1, 0.15) is 0 Å². The van der Waals surface area contributed by atoms with E-state index in [1.54, 1.807) is 0 Å². The molecule has 24 N–H and O–H groups in total. The Bertz CT molecular complexity index is 630. The first-order valence-electron chi connectivity index (χ1n) is 19.9. The Morgan fingerprint density at radius 3 is 0.317 bits per heavy atom. The van der Waals surface area contributed by atoms with Crippen molar-refractivity contribution in [1.82, 2.24) is 0 Å². The molecule has 0 aromatic rings. The van der Waals surface area contributed by atoms with E-state index in [0.717, 1.165) is 52.4 Å². The molecule has 0 amide bonds. The van der Waals surface area contributed by atoms with E-state index in [-0.39, 0.29) is 0 Å². The van der Waals surface area contributed by atoms with E-state index in [1.165, 1.54) is 103 Å². The van der Waals surface area contributed by atoms with Crippen LogP contribution >= 0.6 is 31.6 Å². The molecule has 0 saturated carbocycles. The van der Waals surface area contributed by atoms with Gasteiger partial charge in [0.05, 0.1) is 0 Å². The lowest BCUT2D eigenvalue weighted by molar-refractivity contribution is 0.320. The van der Waals surface area contributed by atoms with E-state index < -0.39 is 31.6 Å². The van der Waals surface area contributed by atoms with Crippen LogP contribution in [0.25, 0.3) is 0 Å². The van der Waals surface area contributed by atoms with Crippen LogP contribution in [0.3, 0.4) is 0 Å². The minimum absolute atomic E-state index is 0.844. The molecule has 60 heavy (non-hydrogen) atoms. The van der Waals surface area contributed by atoms with E-state index in [2.05, 4.69) is 55.4 Å². The first-order valence-corrected chi connectivity index (χ1v) is 25.9. The molecule has 20 nitrogen and oxygen atoms in total. The van der Waals surface area contributed by atoms with Crippen molar-refractivity contribution in [1.29, 1.82) is 0 Å². The summed E-state index contributed by atoms with van der Waals surface area (Å²) in [6, 6.07) is 0. The molecule has 0 aliphatic carbocycles. The van der Waals surface area contributed by atoms with Gasteiger partial charge in [-0.2, -0.15) is 0 Å². The number of rotatable bonds is 16. The molecule has 0 aliphatic heterocycles. The second kappa shape index (κ2) is 86.1. The third kappa shape index (κ3) is 736. The maximum absolute atomic E-state index is 10.4. The minimum Gasteiger partial charge on any atom is -0.330 e. The van der Waals surface area contributed by atoms with Crippen molar-refractivity contribution in [3.05, 3.63) is 0 Å². The summed E-state index contributed by atoms with van der Waals surface area (Å²) in [6.07, 6.45) is 19.1. The van der Waals surface area contributed by atoms with E-state index in [4.69, 9.17) is 103 Å². The molecule has 0 bridgehead atoms. The van der Waals surface area contributed by atoms with Crippen LogP contribution in [0.2, 0.25) is 0 Å². The molecule has 0 fully saturated rings. The molecule has 0 aromatic carbocycles. The fraction of sp³-hybridized carbons (Fsp3) is 1.00. The summed E-state index contributed by atoms with van der Waals surface area (Å²) in [5, 5.41) is 0. The third-order valence-corrected chi connectivity index (χ3v) is 4.46. The van der Waals surface area contributed by atoms with Gasteiger partial charge >= 0.3 is 31.6 Å². The number of nitrogens with two attached hydrogens (primary N) is 8. The van der Waals surface area contributed by atoms with Crippen molar-refractivity contribution >= 4 is 31.6 Å². The zero-order valence-electron chi connectivity index (χ0n) is 38.1. The van der Waals surface area contributed by atoms with E-state index in [0.29, 0.717) is 0 Å². The van der Waals surface area contributed by atoms with Gasteiger partial charge in [0.25, 0.3) is 0 Å². The predicted molar refractivity (Wildman–Crippen MR) is 244 cm³/mol. The molecule has 0 saturated heterocycles. The molecule has 28 heteroatoms. The first kappa shape index (κ1) is 90.7. The van der Waals surface area contributed by atoms with Gasteiger partial charge in [-0.3, -0.25) is 39.1 Å². The van der Waals surface area contributed by atoms with Gasteiger partial charge in [0.2, 0.25) is 0 Å². The SMILES string of the molecule is CCCCN.CCCCN.CCCCN.CCCCN.CCCCN.CCCCN.CCCCN.CCCCN.O=P(O)(O)F.O=P(O)(O)F.O=P(O)(O)F.O=P(O)(O)F. The summed E-state index contributed by atoms with van der Waals surface area (Å²) >= 11 is 0. The number of hydrogen-bond acceptors (Lipinski definition) is 12. The van der Waals surface area contributed by atoms with Gasteiger partial charge in [-0.1, -0.05) is 107 Å². The Morgan fingerprint density at radius 2 is 0.317 bits per heavy atom. The molecule has 0 aliphatic rings. The molecular formula is C32H96F4N8O12P4. The summed E-state index contributed by atoms with van der Waals surface area (Å²) in [7, 11) is -20.6. The minimum atomic E-state index is -5.14. The van der Waals surface area contributed by atoms with Crippen LogP contribution in [0, 0.1) is 0 Å². The van der Waals surface area contributed by atoms with Crippen molar-refractivity contribution in [2.45, 2.75) is 158 Å². The fourth-order valence-corrected chi connectivity index (χ4v) is 1.63. The summed E-state index contributed by atoms with van der Waals surface area (Å²) in [5.74, 6) is 0. The molecule has 0 unspecified atom stereocenters. The van der Waals surface area contributed by atoms with Crippen molar-refractivity contribution in [3.8, 4) is 0 Å². The third-order valence-electron chi connectivity index (χ3n) is 4.46. The van der Waals surface area contributed by atoms with E-state index >= 15 is 0 Å². The maximum atomic E-state index is 10.4. The van der Waals surface area contributed by atoms with Gasteiger partial charge < -0.3 is 45.9 Å². The quantitative estimate of drug-likeness (QED) is 0.0608. The van der Waals surface area contributed by atoms with Gasteiger partial charge in [-0.25, -0.2) is 18.3 Å². The summed E-state index contributed by atoms with van der Waals surface area (Å²) in [4.78, 5) is 55.7. The average molecular weight is 985 g/mol. The van der Waals surface area contributed by atoms with Crippen LogP contribution in [-0.4, -0.2) is 91.5 Å². The molecule has 0 spiro atoms. The average Bonchev–Trinajstić information content (AvgIpc) is 3.07. The predicted octanol–water partition coefficient (Wildman–Crippen LogP) is 6.16. The number of hydrogen-bond donors (Lipinski definition) is 16. The first-order chi connectivity index (χ1) is 27.3. The number of halogens is 4. The van der Waals surface area contributed by atoms with Crippen LogP contribution in [0.5, 0.6) is 0 Å². The Kier molecular flexibility index (Phi) is 130. The smallest absolute Gasteiger partial charge is 0.330 e. The lowest BCUT2D eigenvalue weighted by atomic mass is 10.3. The lowest BCUT2D eigenvalue weighted by Crippen LogP contribution is -1.95. The van der Waals surface area contributed by atoms with Crippen molar-refractivity contribution < 1.29 is 74.2 Å². The summed E-state index contributed by atoms with van der Waals surface area (Å²) in [5.41, 5.74) is 41.1. The fourth-order valence-electron chi connectivity index (χ4n) is 1.63. The van der Waals surface area contributed by atoms with Gasteiger partial charge in [0, 0.05) is 0 Å². The molecular weight excluding hydrogens is 888 g/mol. The Hall–Kier alpha value is -0.000000000000000167. The highest BCUT2D eigenvalue weighted by Crippen LogP contribution is 2.36. The topological polar surface area (TPSA) is 438 Å². The molecule has 0 atom stereocenters. The standard InChI is InChI=1S/8C4H11N.4FH2O3P/c8*1-2-3-4-5;4*1-5(2,3)4/h8*2-5H2,1H3;4*(H2,2,3,4). The monoisotopic (exact) mass is 985 g/mol. The Balaban J connectivity index is -0.0000000419. The highest BCUT2D eigenvalue weighted by atomic mass is 31.2. The van der Waals surface area contributed by atoms with Gasteiger partial charge in [0.15, 0.2) is 0 Å². The molecule has 0 rings (SSSR count). The van der Waals surface area contributed by atoms with Crippen LogP contribution < -0.4 is 45.9 Å². The van der Waals surface area contributed by atoms with Crippen LogP contribution in [0.4, 0.5) is 16.8 Å². The largest absolute Gasteiger partial charge is 0.507 e. The summed E-state index contributed by atoms with van der Waals surface area (Å²) < 4.78 is 76.1. The number of unbranched alkanes of at least 4 members (excludes halogenated alkanes) is 8. The molecule has 0 radical (unpaired) electrons. The normalized spacial score (nSPS) is 9.53. The molecule has 384 valence electrons. The van der Waals surface area contributed by atoms with Crippen LogP contribution in [-0.2, 0) is 18.3 Å². The Labute approximate surface area is 361 Å².